The summed E-state index contributed by atoms with van der Waals surface area (Å²) < 4.78 is 121. The quantitative estimate of drug-likeness (QED) is 0.481. The number of aliphatic hydroxyl groups is 1. The van der Waals surface area contributed by atoms with E-state index >= 15 is 0 Å². The first-order valence-corrected chi connectivity index (χ1v) is 7.35. The largest absolute Gasteiger partial charge is 0.388 e. The summed E-state index contributed by atoms with van der Waals surface area (Å²) in [6.07, 6.45) is -4.76. The number of hydrogen-bond acceptors (Lipinski definition) is 1. The molecule has 2 rings (SSSR count). The van der Waals surface area contributed by atoms with E-state index in [0.717, 1.165) is 6.07 Å². The van der Waals surface area contributed by atoms with E-state index in [1.807, 2.05) is 0 Å². The summed E-state index contributed by atoms with van der Waals surface area (Å²) in [4.78, 5) is 0. The van der Waals surface area contributed by atoms with Crippen LogP contribution in [0.25, 0.3) is 0 Å². The average Bonchev–Trinajstić information content (AvgIpc) is 2.50. The molecule has 1 saturated carbocycles. The summed E-state index contributed by atoms with van der Waals surface area (Å²) in [5.74, 6) is -26.0. The van der Waals surface area contributed by atoms with Gasteiger partial charge in [-0.3, -0.25) is 0 Å². The highest BCUT2D eigenvalue weighted by Gasteiger charge is 3.00. The van der Waals surface area contributed by atoms with Gasteiger partial charge in [0.2, 0.25) is 0 Å². The maximum Gasteiger partial charge on any atom is 0.381 e. The molecular weight excluding hydrogens is 470 g/mol. The second-order valence-electron chi connectivity index (χ2n) is 5.34. The molecule has 11 heteroatoms. The standard InChI is InChI=1S/C13H8F9IO/c14-9(5-8(24)6-3-1-2-4-7(6)23)10(15,16)12(19,20)13(21,22)11(9,17)18/h1-4,8,24H,5H2. The average molecular weight is 478 g/mol. The topological polar surface area (TPSA) is 20.2 Å². The van der Waals surface area contributed by atoms with Gasteiger partial charge in [-0.2, -0.15) is 35.1 Å². The lowest BCUT2D eigenvalue weighted by atomic mass is 9.88. The van der Waals surface area contributed by atoms with Gasteiger partial charge >= 0.3 is 23.7 Å². The number of halogens is 10. The fourth-order valence-electron chi connectivity index (χ4n) is 2.47. The first kappa shape index (κ1) is 19.6. The molecule has 0 bridgehead atoms. The van der Waals surface area contributed by atoms with Gasteiger partial charge in [-0.05, 0) is 34.2 Å². The van der Waals surface area contributed by atoms with Gasteiger partial charge in [-0.25, -0.2) is 4.39 Å². The van der Waals surface area contributed by atoms with Crippen LogP contribution in [0.4, 0.5) is 39.5 Å². The second-order valence-corrected chi connectivity index (χ2v) is 6.50. The van der Waals surface area contributed by atoms with E-state index in [0.29, 0.717) is 0 Å². The van der Waals surface area contributed by atoms with Crippen LogP contribution in [0.1, 0.15) is 18.1 Å². The molecule has 1 aromatic carbocycles. The zero-order chi connectivity index (χ0) is 18.8. The fourth-order valence-corrected chi connectivity index (χ4v) is 3.21. The molecule has 0 spiro atoms. The highest BCUT2D eigenvalue weighted by atomic mass is 127. The van der Waals surface area contributed by atoms with Crippen LogP contribution >= 0.6 is 22.6 Å². The second kappa shape index (κ2) is 5.39. The van der Waals surface area contributed by atoms with Crippen LogP contribution < -0.4 is 0 Å². The third-order valence-corrected chi connectivity index (χ3v) is 4.90. The Morgan fingerprint density at radius 3 is 1.62 bits per heavy atom. The molecular formula is C13H8F9IO. The molecule has 136 valence electrons. The van der Waals surface area contributed by atoms with Crippen molar-refractivity contribution in [3.8, 4) is 0 Å². The first-order valence-electron chi connectivity index (χ1n) is 6.28. The van der Waals surface area contributed by atoms with E-state index in [4.69, 9.17) is 0 Å². The molecule has 0 saturated heterocycles. The van der Waals surface area contributed by atoms with Crippen molar-refractivity contribution in [3.05, 3.63) is 33.4 Å². The summed E-state index contributed by atoms with van der Waals surface area (Å²) in [5, 5.41) is 9.73. The highest BCUT2D eigenvalue weighted by molar-refractivity contribution is 14.1. The Kier molecular flexibility index (Phi) is 4.40. The van der Waals surface area contributed by atoms with Gasteiger partial charge in [0.15, 0.2) is 0 Å². The number of rotatable bonds is 3. The molecule has 1 unspecified atom stereocenters. The Hall–Kier alpha value is -0.720. The third kappa shape index (κ3) is 2.12. The number of alkyl halides is 9. The Balaban J connectivity index is 2.53. The molecule has 0 aliphatic heterocycles. The summed E-state index contributed by atoms with van der Waals surface area (Å²) in [6.45, 7) is 0. The molecule has 0 radical (unpaired) electrons. The maximum atomic E-state index is 14.3. The van der Waals surface area contributed by atoms with Crippen molar-refractivity contribution in [2.75, 3.05) is 0 Å². The number of aliphatic hydroxyl groups excluding tert-OH is 1. The van der Waals surface area contributed by atoms with Crippen LogP contribution in [-0.2, 0) is 0 Å². The van der Waals surface area contributed by atoms with Crippen LogP contribution in [0, 0.1) is 3.57 Å². The van der Waals surface area contributed by atoms with Gasteiger partial charge in [0, 0.05) is 9.99 Å². The van der Waals surface area contributed by atoms with Gasteiger partial charge < -0.3 is 5.11 Å². The van der Waals surface area contributed by atoms with Crippen molar-refractivity contribution < 1.29 is 44.6 Å². The zero-order valence-corrected chi connectivity index (χ0v) is 13.5. The lowest BCUT2D eigenvalue weighted by molar-refractivity contribution is -0.303. The van der Waals surface area contributed by atoms with Crippen molar-refractivity contribution in [2.24, 2.45) is 0 Å². The van der Waals surface area contributed by atoms with Gasteiger partial charge in [-0.1, -0.05) is 18.2 Å². The highest BCUT2D eigenvalue weighted by Crippen LogP contribution is 2.70. The van der Waals surface area contributed by atoms with Gasteiger partial charge in [0.05, 0.1) is 6.10 Å². The van der Waals surface area contributed by atoms with E-state index in [1.165, 1.54) is 18.2 Å². The Bertz CT molecular complexity index is 620. The van der Waals surface area contributed by atoms with Crippen molar-refractivity contribution in [3.63, 3.8) is 0 Å². The minimum Gasteiger partial charge on any atom is -0.388 e. The van der Waals surface area contributed by atoms with Crippen LogP contribution in [0.3, 0.4) is 0 Å². The minimum atomic E-state index is -6.62. The molecule has 1 fully saturated rings. The smallest absolute Gasteiger partial charge is 0.381 e. The lowest BCUT2D eigenvalue weighted by Gasteiger charge is -2.32. The molecule has 1 aliphatic rings. The fraction of sp³-hybridized carbons (Fsp3) is 0.538. The number of benzene rings is 1. The van der Waals surface area contributed by atoms with E-state index in [1.54, 1.807) is 22.6 Å². The Morgan fingerprint density at radius 2 is 1.21 bits per heavy atom. The summed E-state index contributed by atoms with van der Waals surface area (Å²) in [6, 6.07) is 4.97. The molecule has 0 heterocycles. The molecule has 1 N–H and O–H groups in total. The van der Waals surface area contributed by atoms with Crippen LogP contribution in [0.15, 0.2) is 24.3 Å². The maximum absolute atomic E-state index is 14.3. The SMILES string of the molecule is OC(CC1(F)C(F)(F)C(F)(F)C(F)(F)C1(F)F)c1ccccc1I. The molecule has 24 heavy (non-hydrogen) atoms. The molecule has 1 nitrogen and oxygen atoms in total. The normalized spacial score (nSPS) is 27.0. The van der Waals surface area contributed by atoms with E-state index in [2.05, 4.69) is 0 Å². The third-order valence-electron chi connectivity index (χ3n) is 3.92. The summed E-state index contributed by atoms with van der Waals surface area (Å²) >= 11 is 1.54. The predicted octanol–water partition coefficient (Wildman–Crippen LogP) is 4.98. The van der Waals surface area contributed by atoms with E-state index < -0.39 is 41.9 Å². The van der Waals surface area contributed by atoms with Gasteiger partial charge in [-0.15, -0.1) is 0 Å². The first-order chi connectivity index (χ1) is 10.6. The Labute approximate surface area is 143 Å². The van der Waals surface area contributed by atoms with Crippen molar-refractivity contribution in [2.45, 2.75) is 41.9 Å². The molecule has 0 amide bonds. The van der Waals surface area contributed by atoms with Crippen LogP contribution in [-0.4, -0.2) is 34.5 Å². The van der Waals surface area contributed by atoms with Crippen molar-refractivity contribution in [1.82, 2.24) is 0 Å². The van der Waals surface area contributed by atoms with Crippen LogP contribution in [0.5, 0.6) is 0 Å². The van der Waals surface area contributed by atoms with Crippen molar-refractivity contribution in [1.29, 1.82) is 0 Å². The Morgan fingerprint density at radius 1 is 0.792 bits per heavy atom. The number of hydrogen-bond donors (Lipinski definition) is 1. The predicted molar refractivity (Wildman–Crippen MR) is 72.4 cm³/mol. The summed E-state index contributed by atoms with van der Waals surface area (Å²) in [7, 11) is 0. The van der Waals surface area contributed by atoms with Gasteiger partial charge in [0.1, 0.15) is 0 Å². The molecule has 1 atom stereocenters. The lowest BCUT2D eigenvalue weighted by Crippen LogP contribution is -2.55. The van der Waals surface area contributed by atoms with Gasteiger partial charge in [0.25, 0.3) is 5.67 Å². The molecule has 0 aromatic heterocycles. The van der Waals surface area contributed by atoms with E-state index in [9.17, 15) is 44.6 Å². The van der Waals surface area contributed by atoms with E-state index in [-0.39, 0.29) is 9.13 Å². The minimum absolute atomic E-state index is 0.120. The van der Waals surface area contributed by atoms with Crippen LogP contribution in [0.2, 0.25) is 0 Å². The molecule has 1 aromatic rings. The van der Waals surface area contributed by atoms with Crippen molar-refractivity contribution >= 4 is 22.6 Å². The monoisotopic (exact) mass is 478 g/mol. The molecule has 1 aliphatic carbocycles. The zero-order valence-electron chi connectivity index (χ0n) is 11.3. The summed E-state index contributed by atoms with van der Waals surface area (Å²) in [5.41, 5.74) is -5.98.